The van der Waals surface area contributed by atoms with E-state index in [2.05, 4.69) is 0 Å². The zero-order valence-corrected chi connectivity index (χ0v) is 18.4. The van der Waals surface area contributed by atoms with E-state index in [-0.39, 0.29) is 0 Å². The third-order valence-electron chi connectivity index (χ3n) is 5.77. The van der Waals surface area contributed by atoms with Crippen molar-refractivity contribution in [3.05, 3.63) is 29.8 Å². The van der Waals surface area contributed by atoms with Crippen LogP contribution in [0.1, 0.15) is 59.8 Å². The van der Waals surface area contributed by atoms with Gasteiger partial charge in [-0.15, -0.1) is 0 Å². The van der Waals surface area contributed by atoms with Crippen molar-refractivity contribution < 1.29 is 28.4 Å². The predicted octanol–water partition coefficient (Wildman–Crippen LogP) is 3.70. The number of esters is 1. The number of methoxy groups -OCH3 is 1. The summed E-state index contributed by atoms with van der Waals surface area (Å²) in [6, 6.07) is 6.40. The molecule has 1 fully saturated rings. The van der Waals surface area contributed by atoms with Gasteiger partial charge in [-0.25, -0.2) is 9.59 Å². The van der Waals surface area contributed by atoms with Gasteiger partial charge in [0.25, 0.3) is 0 Å². The highest BCUT2D eigenvalue weighted by molar-refractivity contribution is 6.49. The standard InChI is InChI=1S/C21H30BNO6/c1-19(2,3)27-18(25)23-14-12-10-9-11-13(14)15(16(23)17(24)26-8)22-28-20(4,5)21(6,7)29-22/h9-12,15-16H,1-8H3/t15-,16+/m0/s1. The van der Waals surface area contributed by atoms with Crippen molar-refractivity contribution in [1.82, 2.24) is 0 Å². The van der Waals surface area contributed by atoms with Crippen LogP contribution in [0.4, 0.5) is 10.5 Å². The van der Waals surface area contributed by atoms with Gasteiger partial charge < -0.3 is 18.8 Å². The Morgan fingerprint density at radius 1 is 1.07 bits per heavy atom. The van der Waals surface area contributed by atoms with Crippen molar-refractivity contribution in [2.75, 3.05) is 12.0 Å². The molecule has 0 radical (unpaired) electrons. The van der Waals surface area contributed by atoms with Gasteiger partial charge in [0.1, 0.15) is 11.6 Å². The molecular formula is C21H30BNO6. The summed E-state index contributed by atoms with van der Waals surface area (Å²) in [5.41, 5.74) is -0.488. The average molecular weight is 403 g/mol. The van der Waals surface area contributed by atoms with Crippen molar-refractivity contribution >= 4 is 24.9 Å². The Bertz CT molecular complexity index is 800. The minimum atomic E-state index is -0.957. The molecule has 0 saturated carbocycles. The molecule has 0 bridgehead atoms. The second-order valence-electron chi connectivity index (χ2n) is 9.53. The van der Waals surface area contributed by atoms with Crippen molar-refractivity contribution in [3.63, 3.8) is 0 Å². The first-order valence-corrected chi connectivity index (χ1v) is 9.84. The maximum absolute atomic E-state index is 13.1. The van der Waals surface area contributed by atoms with Crippen LogP contribution in [0.2, 0.25) is 0 Å². The van der Waals surface area contributed by atoms with Crippen molar-refractivity contribution in [2.24, 2.45) is 0 Å². The quantitative estimate of drug-likeness (QED) is 0.554. The number of nitrogens with zero attached hydrogens (tertiary/aromatic N) is 1. The molecule has 0 spiro atoms. The molecule has 2 aliphatic rings. The summed E-state index contributed by atoms with van der Waals surface area (Å²) in [6.07, 6.45) is -0.612. The molecular weight excluding hydrogens is 373 g/mol. The fraction of sp³-hybridized carbons (Fsp3) is 0.619. The van der Waals surface area contributed by atoms with Crippen LogP contribution >= 0.6 is 0 Å². The van der Waals surface area contributed by atoms with E-state index < -0.39 is 47.8 Å². The van der Waals surface area contributed by atoms with E-state index in [1.54, 1.807) is 26.8 Å². The predicted molar refractivity (Wildman–Crippen MR) is 110 cm³/mol. The summed E-state index contributed by atoms with van der Waals surface area (Å²) in [4.78, 5) is 27.3. The largest absolute Gasteiger partial charge is 0.468 e. The van der Waals surface area contributed by atoms with Crippen LogP contribution in [0.3, 0.4) is 0 Å². The van der Waals surface area contributed by atoms with Crippen molar-refractivity contribution in [1.29, 1.82) is 0 Å². The fourth-order valence-electron chi connectivity index (χ4n) is 3.70. The number of carbonyl (C=O) groups is 2. The van der Waals surface area contributed by atoms with Crippen molar-refractivity contribution in [2.45, 2.75) is 77.1 Å². The molecule has 2 heterocycles. The zero-order valence-electron chi connectivity index (χ0n) is 18.4. The smallest absolute Gasteiger partial charge is 0.467 e. The molecule has 1 aromatic rings. The number of amides is 1. The number of fused-ring (bicyclic) bond motifs is 1. The lowest BCUT2D eigenvalue weighted by molar-refractivity contribution is -0.142. The highest BCUT2D eigenvalue weighted by Crippen LogP contribution is 2.48. The Balaban J connectivity index is 2.08. The molecule has 2 aliphatic heterocycles. The van der Waals surface area contributed by atoms with Gasteiger partial charge in [-0.05, 0) is 60.1 Å². The van der Waals surface area contributed by atoms with Crippen LogP contribution in [0.25, 0.3) is 0 Å². The molecule has 0 aliphatic carbocycles. The highest BCUT2D eigenvalue weighted by Gasteiger charge is 2.61. The van der Waals surface area contributed by atoms with Crippen LogP contribution in [0.5, 0.6) is 0 Å². The number of carbonyl (C=O) groups excluding carboxylic acids is 2. The number of anilines is 1. The lowest BCUT2D eigenvalue weighted by Gasteiger charge is -2.32. The number of benzene rings is 1. The number of ether oxygens (including phenoxy) is 2. The van der Waals surface area contributed by atoms with E-state index in [4.69, 9.17) is 18.8 Å². The van der Waals surface area contributed by atoms with Crippen LogP contribution < -0.4 is 4.90 Å². The van der Waals surface area contributed by atoms with E-state index in [1.165, 1.54) is 12.0 Å². The second-order valence-corrected chi connectivity index (χ2v) is 9.53. The molecule has 0 unspecified atom stereocenters. The minimum Gasteiger partial charge on any atom is -0.467 e. The number of hydrogen-bond acceptors (Lipinski definition) is 6. The summed E-state index contributed by atoms with van der Waals surface area (Å²) in [5, 5.41) is 0. The summed E-state index contributed by atoms with van der Waals surface area (Å²) >= 11 is 0. The van der Waals surface area contributed by atoms with E-state index in [9.17, 15) is 9.59 Å². The zero-order chi connectivity index (χ0) is 21.8. The van der Waals surface area contributed by atoms with E-state index in [0.717, 1.165) is 5.56 Å². The normalized spacial score (nSPS) is 25.0. The first-order chi connectivity index (χ1) is 13.3. The van der Waals surface area contributed by atoms with Crippen LogP contribution in [0, 0.1) is 0 Å². The van der Waals surface area contributed by atoms with Gasteiger partial charge in [-0.1, -0.05) is 18.2 Å². The maximum atomic E-state index is 13.1. The molecule has 0 aromatic heterocycles. The molecule has 7 nitrogen and oxygen atoms in total. The summed E-state index contributed by atoms with van der Waals surface area (Å²) in [5.74, 6) is -1.10. The molecule has 8 heteroatoms. The van der Waals surface area contributed by atoms with Gasteiger partial charge in [0.2, 0.25) is 0 Å². The summed E-state index contributed by atoms with van der Waals surface area (Å²) in [7, 11) is 0.581. The lowest BCUT2D eigenvalue weighted by Crippen LogP contribution is -2.50. The Morgan fingerprint density at radius 3 is 2.14 bits per heavy atom. The lowest BCUT2D eigenvalue weighted by atomic mass is 9.65. The summed E-state index contributed by atoms with van der Waals surface area (Å²) < 4.78 is 23.2. The monoisotopic (exact) mass is 403 g/mol. The van der Waals surface area contributed by atoms with Gasteiger partial charge in [-0.3, -0.25) is 4.90 Å². The molecule has 2 atom stereocenters. The van der Waals surface area contributed by atoms with E-state index >= 15 is 0 Å². The van der Waals surface area contributed by atoms with E-state index in [1.807, 2.05) is 45.9 Å². The molecule has 29 heavy (non-hydrogen) atoms. The highest BCUT2D eigenvalue weighted by atomic mass is 16.7. The number of para-hydroxylation sites is 1. The summed E-state index contributed by atoms with van der Waals surface area (Å²) in [6.45, 7) is 13.2. The van der Waals surface area contributed by atoms with Gasteiger partial charge in [0.05, 0.1) is 29.8 Å². The van der Waals surface area contributed by atoms with Crippen LogP contribution in [-0.4, -0.2) is 49.1 Å². The maximum Gasteiger partial charge on any atom is 0.468 e. The third kappa shape index (κ3) is 3.75. The number of rotatable bonds is 2. The molecule has 158 valence electrons. The first-order valence-electron chi connectivity index (χ1n) is 9.84. The second kappa shape index (κ2) is 7.02. The molecule has 3 rings (SSSR count). The SMILES string of the molecule is COC(=O)[C@H]1[C@@H](B2OC(C)(C)C(C)(C)O2)c2ccccc2N1C(=O)OC(C)(C)C. The Labute approximate surface area is 172 Å². The Kier molecular flexibility index (Phi) is 5.24. The number of hydrogen-bond donors (Lipinski definition) is 0. The topological polar surface area (TPSA) is 74.3 Å². The van der Waals surface area contributed by atoms with Gasteiger partial charge >= 0.3 is 19.2 Å². The van der Waals surface area contributed by atoms with Gasteiger partial charge in [0, 0.05) is 0 Å². The minimum absolute atomic E-state index is 0.549. The van der Waals surface area contributed by atoms with E-state index in [0.29, 0.717) is 5.69 Å². The molecule has 1 amide bonds. The molecule has 1 aromatic carbocycles. The van der Waals surface area contributed by atoms with Crippen LogP contribution in [-0.2, 0) is 23.6 Å². The van der Waals surface area contributed by atoms with Gasteiger partial charge in [0.15, 0.2) is 0 Å². The third-order valence-corrected chi connectivity index (χ3v) is 5.77. The van der Waals surface area contributed by atoms with Crippen LogP contribution in [0.15, 0.2) is 24.3 Å². The first kappa shape index (κ1) is 21.6. The van der Waals surface area contributed by atoms with Crippen molar-refractivity contribution in [3.8, 4) is 0 Å². The van der Waals surface area contributed by atoms with Gasteiger partial charge in [-0.2, -0.15) is 0 Å². The molecule has 1 saturated heterocycles. The molecule has 0 N–H and O–H groups in total. The average Bonchev–Trinajstić information content (AvgIpc) is 3.03. The Hall–Kier alpha value is -2.06. The fourth-order valence-corrected chi connectivity index (χ4v) is 3.70. The Morgan fingerprint density at radius 2 is 1.62 bits per heavy atom.